The summed E-state index contributed by atoms with van der Waals surface area (Å²) < 4.78 is 13.3. The normalized spacial score (nSPS) is 10.2. The fraction of sp³-hybridized carbons (Fsp3) is 0.0833. The van der Waals surface area contributed by atoms with Crippen LogP contribution in [0.1, 0.15) is 11.1 Å². The standard InChI is InChI=1S/C12H9BFN/c1-7-2-8-4-11(13)12(14)5-9(8)3-10(7)6-15/h2-5H,13H2,1H3. The summed E-state index contributed by atoms with van der Waals surface area (Å²) in [5.74, 6) is -0.227. The van der Waals surface area contributed by atoms with Crippen molar-refractivity contribution in [3.63, 3.8) is 0 Å². The molecular weight excluding hydrogens is 188 g/mol. The second-order valence-corrected chi connectivity index (χ2v) is 3.73. The van der Waals surface area contributed by atoms with Gasteiger partial charge in [-0.05, 0) is 35.4 Å². The van der Waals surface area contributed by atoms with Gasteiger partial charge in [-0.1, -0.05) is 17.6 Å². The van der Waals surface area contributed by atoms with E-state index in [1.54, 1.807) is 20.0 Å². The van der Waals surface area contributed by atoms with Gasteiger partial charge in [-0.15, -0.1) is 0 Å². The molecule has 2 aromatic rings. The molecule has 0 bridgehead atoms. The molecule has 2 rings (SSSR count). The average Bonchev–Trinajstić information content (AvgIpc) is 2.20. The summed E-state index contributed by atoms with van der Waals surface area (Å²) in [7, 11) is 1.74. The summed E-state index contributed by atoms with van der Waals surface area (Å²) in [5, 5.41) is 10.6. The van der Waals surface area contributed by atoms with Gasteiger partial charge in [0.15, 0.2) is 0 Å². The molecule has 1 nitrogen and oxygen atoms in total. The van der Waals surface area contributed by atoms with Crippen LogP contribution >= 0.6 is 0 Å². The van der Waals surface area contributed by atoms with E-state index in [1.807, 2.05) is 13.0 Å². The van der Waals surface area contributed by atoms with Crippen LogP contribution in [0, 0.1) is 24.1 Å². The van der Waals surface area contributed by atoms with Crippen LogP contribution in [0.15, 0.2) is 24.3 Å². The number of hydrogen-bond acceptors (Lipinski definition) is 1. The minimum atomic E-state index is -0.227. The van der Waals surface area contributed by atoms with E-state index in [4.69, 9.17) is 5.26 Å². The van der Waals surface area contributed by atoms with Gasteiger partial charge in [0.1, 0.15) is 13.7 Å². The highest BCUT2D eigenvalue weighted by Gasteiger charge is 2.04. The van der Waals surface area contributed by atoms with Crippen LogP contribution in [0.25, 0.3) is 10.8 Å². The Hall–Kier alpha value is -1.82. The number of nitrogens with zero attached hydrogens (tertiary/aromatic N) is 1. The van der Waals surface area contributed by atoms with Gasteiger partial charge in [-0.25, -0.2) is 4.39 Å². The third kappa shape index (κ3) is 1.59. The molecule has 15 heavy (non-hydrogen) atoms. The highest BCUT2D eigenvalue weighted by Crippen LogP contribution is 2.19. The maximum atomic E-state index is 13.3. The van der Waals surface area contributed by atoms with Crippen molar-refractivity contribution in [1.29, 1.82) is 5.26 Å². The van der Waals surface area contributed by atoms with E-state index < -0.39 is 0 Å². The molecule has 0 aromatic heterocycles. The zero-order valence-electron chi connectivity index (χ0n) is 8.63. The van der Waals surface area contributed by atoms with Crippen LogP contribution in [0.3, 0.4) is 0 Å². The third-order valence-corrected chi connectivity index (χ3v) is 2.58. The Morgan fingerprint density at radius 2 is 1.87 bits per heavy atom. The molecule has 0 fully saturated rings. The maximum Gasteiger partial charge on any atom is 0.143 e. The Morgan fingerprint density at radius 3 is 2.53 bits per heavy atom. The number of benzene rings is 2. The highest BCUT2D eigenvalue weighted by molar-refractivity contribution is 6.33. The average molecular weight is 197 g/mol. The quantitative estimate of drug-likeness (QED) is 0.586. The van der Waals surface area contributed by atoms with Gasteiger partial charge >= 0.3 is 0 Å². The molecule has 0 unspecified atom stereocenters. The lowest BCUT2D eigenvalue weighted by atomic mass is 9.91. The predicted octanol–water partition coefficient (Wildman–Crippen LogP) is 1.42. The van der Waals surface area contributed by atoms with Gasteiger partial charge in [0.2, 0.25) is 0 Å². The lowest BCUT2D eigenvalue weighted by Crippen LogP contribution is -2.07. The zero-order chi connectivity index (χ0) is 11.0. The first-order valence-corrected chi connectivity index (χ1v) is 4.72. The smallest absolute Gasteiger partial charge is 0.143 e. The molecule has 0 aliphatic carbocycles. The zero-order valence-corrected chi connectivity index (χ0v) is 8.63. The lowest BCUT2D eigenvalue weighted by Gasteiger charge is -2.04. The van der Waals surface area contributed by atoms with Gasteiger partial charge in [0.25, 0.3) is 0 Å². The van der Waals surface area contributed by atoms with Crippen LogP contribution < -0.4 is 5.46 Å². The van der Waals surface area contributed by atoms with Crippen LogP contribution in [0.5, 0.6) is 0 Å². The largest absolute Gasteiger partial charge is 0.208 e. The molecule has 72 valence electrons. The van der Waals surface area contributed by atoms with E-state index >= 15 is 0 Å². The fourth-order valence-corrected chi connectivity index (χ4v) is 1.67. The molecule has 0 radical (unpaired) electrons. The number of nitriles is 1. The molecule has 0 saturated carbocycles. The summed E-state index contributed by atoms with van der Waals surface area (Å²) in [6.45, 7) is 1.89. The monoisotopic (exact) mass is 197 g/mol. The minimum absolute atomic E-state index is 0.227. The van der Waals surface area contributed by atoms with E-state index in [0.717, 1.165) is 16.3 Å². The van der Waals surface area contributed by atoms with Crippen molar-refractivity contribution in [3.05, 3.63) is 41.2 Å². The second kappa shape index (κ2) is 3.40. The SMILES string of the molecule is Bc1cc2cc(C)c(C#N)cc2cc1F. The Kier molecular flexibility index (Phi) is 2.20. The first-order chi connectivity index (χ1) is 7.11. The summed E-state index contributed by atoms with van der Waals surface area (Å²) in [6.07, 6.45) is 0. The van der Waals surface area contributed by atoms with E-state index in [2.05, 4.69) is 6.07 Å². The van der Waals surface area contributed by atoms with E-state index in [9.17, 15) is 4.39 Å². The number of hydrogen-bond donors (Lipinski definition) is 0. The summed E-state index contributed by atoms with van der Waals surface area (Å²) in [5.41, 5.74) is 2.16. The Bertz CT molecular complexity index is 584. The first kappa shape index (κ1) is 9.73. The van der Waals surface area contributed by atoms with Crippen molar-refractivity contribution in [1.82, 2.24) is 0 Å². The van der Waals surface area contributed by atoms with Gasteiger partial charge in [-0.3, -0.25) is 0 Å². The van der Waals surface area contributed by atoms with Gasteiger partial charge in [-0.2, -0.15) is 5.26 Å². The van der Waals surface area contributed by atoms with Crippen molar-refractivity contribution in [3.8, 4) is 6.07 Å². The van der Waals surface area contributed by atoms with Crippen LogP contribution in [0.4, 0.5) is 4.39 Å². The molecule has 0 saturated heterocycles. The van der Waals surface area contributed by atoms with Gasteiger partial charge in [0.05, 0.1) is 11.6 Å². The van der Waals surface area contributed by atoms with Crippen molar-refractivity contribution in [2.75, 3.05) is 0 Å². The van der Waals surface area contributed by atoms with Crippen LogP contribution in [0.2, 0.25) is 0 Å². The fourth-order valence-electron chi connectivity index (χ4n) is 1.67. The molecule has 0 spiro atoms. The Balaban J connectivity index is 2.84. The second-order valence-electron chi connectivity index (χ2n) is 3.73. The molecule has 0 aliphatic rings. The number of rotatable bonds is 0. The molecule has 3 heteroatoms. The van der Waals surface area contributed by atoms with Crippen molar-refractivity contribution in [2.45, 2.75) is 6.92 Å². The number of fused-ring (bicyclic) bond motifs is 1. The number of halogens is 1. The molecule has 0 amide bonds. The first-order valence-electron chi connectivity index (χ1n) is 4.72. The number of aryl methyl sites for hydroxylation is 1. The van der Waals surface area contributed by atoms with Crippen molar-refractivity contribution >= 4 is 24.1 Å². The lowest BCUT2D eigenvalue weighted by molar-refractivity contribution is 0.638. The summed E-state index contributed by atoms with van der Waals surface area (Å²) >= 11 is 0. The third-order valence-electron chi connectivity index (χ3n) is 2.58. The van der Waals surface area contributed by atoms with E-state index in [-0.39, 0.29) is 5.82 Å². The van der Waals surface area contributed by atoms with Crippen molar-refractivity contribution in [2.24, 2.45) is 0 Å². The minimum Gasteiger partial charge on any atom is -0.208 e. The summed E-state index contributed by atoms with van der Waals surface area (Å²) in [4.78, 5) is 0. The highest BCUT2D eigenvalue weighted by atomic mass is 19.1. The van der Waals surface area contributed by atoms with E-state index in [1.165, 1.54) is 6.07 Å². The van der Waals surface area contributed by atoms with Gasteiger partial charge in [0, 0.05) is 0 Å². The molecule has 0 heterocycles. The molecule has 0 atom stereocenters. The summed E-state index contributed by atoms with van der Waals surface area (Å²) in [6, 6.07) is 9.03. The van der Waals surface area contributed by atoms with Crippen molar-refractivity contribution < 1.29 is 4.39 Å². The molecule has 0 N–H and O–H groups in total. The topological polar surface area (TPSA) is 23.8 Å². The predicted molar refractivity (Wildman–Crippen MR) is 61.5 cm³/mol. The molecule has 0 aliphatic heterocycles. The molecular formula is C12H9BFN. The maximum absolute atomic E-state index is 13.3. The Labute approximate surface area is 88.6 Å². The molecule has 2 aromatic carbocycles. The van der Waals surface area contributed by atoms with Crippen LogP contribution in [-0.2, 0) is 0 Å². The van der Waals surface area contributed by atoms with Gasteiger partial charge < -0.3 is 0 Å². The Morgan fingerprint density at radius 1 is 1.20 bits per heavy atom. The van der Waals surface area contributed by atoms with E-state index in [0.29, 0.717) is 11.0 Å². The van der Waals surface area contributed by atoms with Crippen LogP contribution in [-0.4, -0.2) is 7.85 Å².